The van der Waals surface area contributed by atoms with E-state index in [9.17, 15) is 0 Å². The van der Waals surface area contributed by atoms with Gasteiger partial charge in [-0.2, -0.15) is 0 Å². The number of ether oxygens (including phenoxy) is 1. The van der Waals surface area contributed by atoms with Crippen molar-refractivity contribution in [2.45, 2.75) is 19.4 Å². The molecule has 1 saturated heterocycles. The van der Waals surface area contributed by atoms with Gasteiger partial charge < -0.3 is 14.5 Å². The van der Waals surface area contributed by atoms with Crippen LogP contribution in [-0.2, 0) is 17.8 Å². The van der Waals surface area contributed by atoms with Crippen LogP contribution < -0.4 is 4.90 Å². The quantitative estimate of drug-likeness (QED) is 0.378. The Bertz CT molecular complexity index is 939. The van der Waals surface area contributed by atoms with Gasteiger partial charge in [0.25, 0.3) is 0 Å². The lowest BCUT2D eigenvalue weighted by Gasteiger charge is -2.34. The first-order valence-electron chi connectivity index (χ1n) is 12.2. The van der Waals surface area contributed by atoms with Gasteiger partial charge in [0.15, 0.2) is 0 Å². The van der Waals surface area contributed by atoms with Gasteiger partial charge >= 0.3 is 0 Å². The van der Waals surface area contributed by atoms with Crippen molar-refractivity contribution in [2.24, 2.45) is 0 Å². The van der Waals surface area contributed by atoms with Crippen molar-refractivity contribution in [2.75, 3.05) is 57.8 Å². The minimum Gasteiger partial charge on any atom is -0.375 e. The highest BCUT2D eigenvalue weighted by Crippen LogP contribution is 2.27. The molecule has 4 nitrogen and oxygen atoms in total. The highest BCUT2D eigenvalue weighted by Gasteiger charge is 2.16. The summed E-state index contributed by atoms with van der Waals surface area (Å²) in [5.41, 5.74) is 5.07. The molecule has 0 aliphatic carbocycles. The van der Waals surface area contributed by atoms with Crippen molar-refractivity contribution in [3.63, 3.8) is 0 Å². The number of piperazine rings is 1. The van der Waals surface area contributed by atoms with Crippen LogP contribution in [0.5, 0.6) is 0 Å². The largest absolute Gasteiger partial charge is 0.375 e. The zero-order valence-electron chi connectivity index (χ0n) is 19.9. The number of aryl methyl sites for hydroxylation is 1. The third kappa shape index (κ3) is 7.16. The fourth-order valence-corrected chi connectivity index (χ4v) is 4.51. The van der Waals surface area contributed by atoms with Crippen LogP contribution in [0, 0.1) is 0 Å². The number of benzene rings is 3. The van der Waals surface area contributed by atoms with Crippen LogP contribution in [0.25, 0.3) is 0 Å². The summed E-state index contributed by atoms with van der Waals surface area (Å²) in [7, 11) is 2.12. The molecule has 1 aliphatic heterocycles. The first kappa shape index (κ1) is 23.5. The van der Waals surface area contributed by atoms with E-state index in [1.807, 2.05) is 0 Å². The highest BCUT2D eigenvalue weighted by atomic mass is 16.5. The van der Waals surface area contributed by atoms with Gasteiger partial charge in [-0.25, -0.2) is 0 Å². The van der Waals surface area contributed by atoms with Gasteiger partial charge in [-0.05, 0) is 43.1 Å². The van der Waals surface area contributed by atoms with Gasteiger partial charge in [-0.1, -0.05) is 66.7 Å². The zero-order chi connectivity index (χ0) is 22.7. The third-order valence-corrected chi connectivity index (χ3v) is 6.55. The van der Waals surface area contributed by atoms with E-state index in [-0.39, 0.29) is 0 Å². The molecule has 1 aliphatic rings. The summed E-state index contributed by atoms with van der Waals surface area (Å²) in [6, 6.07) is 29.8. The summed E-state index contributed by atoms with van der Waals surface area (Å²) in [5.74, 6) is 0. The summed E-state index contributed by atoms with van der Waals surface area (Å²) < 4.78 is 6.11. The van der Waals surface area contributed by atoms with Crippen molar-refractivity contribution < 1.29 is 4.74 Å². The third-order valence-electron chi connectivity index (χ3n) is 6.55. The predicted molar refractivity (Wildman–Crippen MR) is 138 cm³/mol. The van der Waals surface area contributed by atoms with E-state index in [0.29, 0.717) is 6.61 Å². The summed E-state index contributed by atoms with van der Waals surface area (Å²) in [5, 5.41) is 0. The van der Waals surface area contributed by atoms with E-state index in [2.05, 4.69) is 107 Å². The molecule has 4 rings (SSSR count). The van der Waals surface area contributed by atoms with E-state index < -0.39 is 0 Å². The molecule has 3 aromatic rings. The summed E-state index contributed by atoms with van der Waals surface area (Å²) >= 11 is 0. The van der Waals surface area contributed by atoms with E-state index in [4.69, 9.17) is 4.74 Å². The Kier molecular flexibility index (Phi) is 8.93. The Morgan fingerprint density at radius 3 is 2.06 bits per heavy atom. The normalized spacial score (nSPS) is 14.9. The summed E-state index contributed by atoms with van der Waals surface area (Å²) in [6.45, 7) is 8.24. The van der Waals surface area contributed by atoms with Gasteiger partial charge in [0.05, 0.1) is 13.2 Å². The number of nitrogens with zero attached hydrogens (tertiary/aromatic N) is 3. The maximum Gasteiger partial charge on any atom is 0.0737 e. The molecule has 0 N–H and O–H groups in total. The molecule has 0 saturated carbocycles. The van der Waals surface area contributed by atoms with Crippen LogP contribution in [-0.4, -0.2) is 62.7 Å². The molecule has 174 valence electrons. The Balaban J connectivity index is 1.14. The molecule has 0 amide bonds. The Labute approximate surface area is 199 Å². The first-order valence-corrected chi connectivity index (χ1v) is 12.2. The second-order valence-electron chi connectivity index (χ2n) is 8.85. The van der Waals surface area contributed by atoms with Crippen molar-refractivity contribution in [3.8, 4) is 0 Å². The maximum atomic E-state index is 6.11. The van der Waals surface area contributed by atoms with Gasteiger partial charge in [0.1, 0.15) is 0 Å². The highest BCUT2D eigenvalue weighted by molar-refractivity contribution is 5.65. The van der Waals surface area contributed by atoms with E-state index >= 15 is 0 Å². The van der Waals surface area contributed by atoms with Crippen LogP contribution in [0.2, 0.25) is 0 Å². The van der Waals surface area contributed by atoms with Crippen molar-refractivity contribution in [1.82, 2.24) is 9.80 Å². The van der Waals surface area contributed by atoms with Crippen LogP contribution in [0.1, 0.15) is 17.5 Å². The molecule has 0 aromatic heterocycles. The molecule has 0 radical (unpaired) electrons. The molecule has 33 heavy (non-hydrogen) atoms. The molecule has 1 heterocycles. The average Bonchev–Trinajstić information content (AvgIpc) is 2.88. The average molecular weight is 444 g/mol. The molecule has 4 heteroatoms. The smallest absolute Gasteiger partial charge is 0.0737 e. The molecule has 0 bridgehead atoms. The fraction of sp³-hybridized carbons (Fsp3) is 0.379. The predicted octanol–water partition coefficient (Wildman–Crippen LogP) is 5.22. The van der Waals surface area contributed by atoms with Crippen LogP contribution >= 0.6 is 0 Å². The van der Waals surface area contributed by atoms with Crippen LogP contribution in [0.3, 0.4) is 0 Å². The van der Waals surface area contributed by atoms with Crippen LogP contribution in [0.15, 0.2) is 84.9 Å². The molecule has 1 fully saturated rings. The second kappa shape index (κ2) is 12.5. The standard InChI is InChI=1S/C29H37N3O/c1-30(28-15-6-3-7-16-28)29-17-9-8-14-27(29)25-33-24-23-32-21-19-31(20-22-32)18-10-13-26-11-4-2-5-12-26/h2-9,11-12,14-17H,10,13,18-25H2,1H3. The van der Waals surface area contributed by atoms with Gasteiger partial charge in [0.2, 0.25) is 0 Å². The van der Waals surface area contributed by atoms with Crippen LogP contribution in [0.4, 0.5) is 11.4 Å². The fourth-order valence-electron chi connectivity index (χ4n) is 4.51. The van der Waals surface area contributed by atoms with Gasteiger partial charge in [0, 0.05) is 56.7 Å². The topological polar surface area (TPSA) is 19.0 Å². The lowest BCUT2D eigenvalue weighted by atomic mass is 10.1. The monoisotopic (exact) mass is 443 g/mol. The van der Waals surface area contributed by atoms with E-state index in [1.54, 1.807) is 0 Å². The SMILES string of the molecule is CN(c1ccccc1)c1ccccc1COCCN1CCN(CCCc2ccccc2)CC1. The molecular weight excluding hydrogens is 406 g/mol. The van der Waals surface area contributed by atoms with Crippen molar-refractivity contribution in [1.29, 1.82) is 0 Å². The van der Waals surface area contributed by atoms with Crippen molar-refractivity contribution in [3.05, 3.63) is 96.1 Å². The minimum absolute atomic E-state index is 0.646. The van der Waals surface area contributed by atoms with Crippen molar-refractivity contribution >= 4 is 11.4 Å². The lowest BCUT2D eigenvalue weighted by Crippen LogP contribution is -2.47. The molecule has 0 atom stereocenters. The zero-order valence-corrected chi connectivity index (χ0v) is 19.9. The molecule has 0 unspecified atom stereocenters. The van der Waals surface area contributed by atoms with Gasteiger partial charge in [-0.15, -0.1) is 0 Å². The Morgan fingerprint density at radius 2 is 1.33 bits per heavy atom. The van der Waals surface area contributed by atoms with Gasteiger partial charge in [-0.3, -0.25) is 4.90 Å². The Hall–Kier alpha value is -2.66. The number of para-hydroxylation sites is 2. The van der Waals surface area contributed by atoms with E-state index in [1.165, 1.54) is 55.0 Å². The Morgan fingerprint density at radius 1 is 0.727 bits per heavy atom. The lowest BCUT2D eigenvalue weighted by molar-refractivity contribution is 0.0684. The second-order valence-corrected chi connectivity index (χ2v) is 8.85. The molecular formula is C29H37N3O. The molecule has 3 aromatic carbocycles. The number of hydrogen-bond donors (Lipinski definition) is 0. The summed E-state index contributed by atoms with van der Waals surface area (Å²) in [4.78, 5) is 7.38. The van der Waals surface area contributed by atoms with E-state index in [0.717, 1.165) is 26.2 Å². The number of hydrogen-bond acceptors (Lipinski definition) is 4. The number of rotatable bonds is 11. The summed E-state index contributed by atoms with van der Waals surface area (Å²) in [6.07, 6.45) is 2.42. The molecule has 0 spiro atoms. The minimum atomic E-state index is 0.646. The first-order chi connectivity index (χ1) is 16.3. The number of anilines is 2. The maximum absolute atomic E-state index is 6.11.